The molecule has 0 bridgehead atoms. The largest absolute Gasteiger partial charge is 0.481 e. The van der Waals surface area contributed by atoms with E-state index in [1.54, 1.807) is 20.8 Å². The molecule has 15 heteroatoms. The van der Waals surface area contributed by atoms with Gasteiger partial charge in [0.25, 0.3) is 0 Å². The summed E-state index contributed by atoms with van der Waals surface area (Å²) in [4.78, 5) is 89.0. The molecule has 0 aromatic rings. The quantitative estimate of drug-likeness (QED) is 0.0344. The van der Waals surface area contributed by atoms with E-state index in [2.05, 4.69) is 34.6 Å². The first kappa shape index (κ1) is 63.3. The van der Waals surface area contributed by atoms with Crippen LogP contribution in [0.3, 0.4) is 0 Å². The van der Waals surface area contributed by atoms with E-state index in [9.17, 15) is 28.8 Å². The lowest BCUT2D eigenvalue weighted by atomic mass is 9.71. The number of Topliss-reactive ketones (excluding diaryl/α,β-unsaturated/α-hetero) is 4. The van der Waals surface area contributed by atoms with Gasteiger partial charge in [-0.3, -0.25) is 28.8 Å². The van der Waals surface area contributed by atoms with Crippen LogP contribution in [0.5, 0.6) is 0 Å². The van der Waals surface area contributed by atoms with Crippen molar-refractivity contribution in [3.8, 4) is 0 Å². The topological polar surface area (TPSA) is 203 Å². The van der Waals surface area contributed by atoms with Crippen LogP contribution in [0.4, 0.5) is 0 Å². The maximum Gasteiger partial charge on any atom is 0.373 e. The number of ether oxygens (including phenoxy) is 5. The van der Waals surface area contributed by atoms with Crippen LogP contribution in [0, 0.1) is 23.2 Å². The first-order valence-corrected chi connectivity index (χ1v) is 24.8. The summed E-state index contributed by atoms with van der Waals surface area (Å²) < 4.78 is 27.2. The summed E-state index contributed by atoms with van der Waals surface area (Å²) in [6, 6.07) is 0. The van der Waals surface area contributed by atoms with Gasteiger partial charge >= 0.3 is 18.1 Å². The van der Waals surface area contributed by atoms with Gasteiger partial charge in [-0.15, -0.1) is 0 Å². The SMILES string of the molecule is CC(C)C(CC(=O)CCCCCCCSCCCCCC(=O)CCCCOCCOCCOCCCCC(=O)COCC(=O)C(CCC(=O)O)C(=O)OC(C)(C)C)C(C)(C)C.O=C=O. The second-order valence-corrected chi connectivity index (χ2v) is 20.0. The number of unbranched alkanes of at least 4 members (excludes halogenated alkanes) is 8. The lowest BCUT2D eigenvalue weighted by Crippen LogP contribution is -2.35. The standard InChI is InChI=1S/C48H86O12S.CO2/c1-38(2)43(47(3,4)5)35-40(50)23-13-10-9-11-19-33-61-34-20-12-14-21-39(49)22-15-17-27-56-29-31-58-32-30-57-28-18-16-24-41(51)36-59-37-44(52)42(25-26-45(53)54)46(55)60-48(6,7)8;2-1-3/h38,42-43H,9-37H2,1-8H3,(H,53,54);. The fraction of sp³-hybridized carbons (Fsp3) is 0.857. The number of carbonyl (C=O) groups is 6. The van der Waals surface area contributed by atoms with Crippen LogP contribution >= 0.6 is 11.8 Å². The van der Waals surface area contributed by atoms with Crippen molar-refractivity contribution in [2.45, 2.75) is 183 Å². The molecule has 0 saturated carbocycles. The number of rotatable bonds is 42. The van der Waals surface area contributed by atoms with Gasteiger partial charge in [-0.2, -0.15) is 21.4 Å². The van der Waals surface area contributed by atoms with Gasteiger partial charge in [-0.05, 0) is 107 Å². The molecule has 0 amide bonds. The van der Waals surface area contributed by atoms with Gasteiger partial charge in [0.05, 0.1) is 26.4 Å². The van der Waals surface area contributed by atoms with Gasteiger partial charge in [0, 0.05) is 51.7 Å². The van der Waals surface area contributed by atoms with Gasteiger partial charge in [0.15, 0.2) is 11.6 Å². The first-order valence-electron chi connectivity index (χ1n) is 23.7. The molecule has 0 aromatic heterocycles. The number of ketones is 4. The van der Waals surface area contributed by atoms with E-state index in [1.165, 1.54) is 37.2 Å². The second-order valence-electron chi connectivity index (χ2n) is 18.8. The summed E-state index contributed by atoms with van der Waals surface area (Å²) in [7, 11) is 0. The third-order valence-corrected chi connectivity index (χ3v) is 11.5. The minimum Gasteiger partial charge on any atom is -0.481 e. The molecule has 0 aliphatic rings. The highest BCUT2D eigenvalue weighted by atomic mass is 32.2. The van der Waals surface area contributed by atoms with Crippen molar-refractivity contribution in [2.75, 3.05) is 64.4 Å². The highest BCUT2D eigenvalue weighted by molar-refractivity contribution is 7.99. The lowest BCUT2D eigenvalue weighted by molar-refractivity contribution is -0.192. The lowest BCUT2D eigenvalue weighted by Gasteiger charge is -2.33. The number of aliphatic carboxylic acids is 1. The highest BCUT2D eigenvalue weighted by Gasteiger charge is 2.32. The van der Waals surface area contributed by atoms with E-state index in [0.717, 1.165) is 51.4 Å². The molecule has 2 atom stereocenters. The van der Waals surface area contributed by atoms with Crippen LogP contribution in [0.2, 0.25) is 0 Å². The third-order valence-electron chi connectivity index (χ3n) is 10.3. The van der Waals surface area contributed by atoms with Crippen LogP contribution in [-0.2, 0) is 62.0 Å². The molecule has 0 rings (SSSR count). The third kappa shape index (κ3) is 41.9. The zero-order valence-corrected chi connectivity index (χ0v) is 41.7. The Morgan fingerprint density at radius 2 is 0.984 bits per heavy atom. The maximum atomic E-state index is 12.5. The Balaban J connectivity index is 0. The maximum absolute atomic E-state index is 12.5. The zero-order chi connectivity index (χ0) is 48.7. The first-order chi connectivity index (χ1) is 30.2. The van der Waals surface area contributed by atoms with E-state index in [-0.39, 0.29) is 43.2 Å². The molecule has 0 aromatic carbocycles. The number of thioether (sulfide) groups is 1. The average Bonchev–Trinajstić information content (AvgIpc) is 3.19. The van der Waals surface area contributed by atoms with Crippen LogP contribution in [0.15, 0.2) is 0 Å². The number of carboxylic acids is 1. The van der Waals surface area contributed by atoms with Crippen molar-refractivity contribution in [3.63, 3.8) is 0 Å². The second kappa shape index (κ2) is 40.5. The number of esters is 1. The summed E-state index contributed by atoms with van der Waals surface area (Å²) in [5, 5.41) is 8.95. The average molecular weight is 931 g/mol. The number of carboxylic acid groups (broad SMARTS) is 1. The Labute approximate surface area is 389 Å². The van der Waals surface area contributed by atoms with Crippen molar-refractivity contribution >= 4 is 53.0 Å². The molecule has 0 aliphatic carbocycles. The Morgan fingerprint density at radius 1 is 0.547 bits per heavy atom. The fourth-order valence-electron chi connectivity index (χ4n) is 6.96. The monoisotopic (exact) mass is 931 g/mol. The minimum absolute atomic E-state index is 0.180. The van der Waals surface area contributed by atoms with Crippen LogP contribution in [0.1, 0.15) is 177 Å². The summed E-state index contributed by atoms with van der Waals surface area (Å²) >= 11 is 2.03. The van der Waals surface area contributed by atoms with Crippen molar-refractivity contribution in [2.24, 2.45) is 23.2 Å². The Bertz CT molecular complexity index is 1300. The molecule has 0 radical (unpaired) electrons. The molecular formula is C49H86O14S. The van der Waals surface area contributed by atoms with E-state index in [4.69, 9.17) is 38.4 Å². The Hall–Kier alpha value is -2.81. The predicted molar refractivity (Wildman–Crippen MR) is 248 cm³/mol. The fourth-order valence-corrected chi connectivity index (χ4v) is 7.98. The van der Waals surface area contributed by atoms with Gasteiger partial charge in [-0.1, -0.05) is 60.3 Å². The molecule has 0 heterocycles. The smallest absolute Gasteiger partial charge is 0.373 e. The van der Waals surface area contributed by atoms with E-state index < -0.39 is 35.8 Å². The van der Waals surface area contributed by atoms with Gasteiger partial charge in [-0.25, -0.2) is 0 Å². The van der Waals surface area contributed by atoms with Crippen molar-refractivity contribution in [1.29, 1.82) is 0 Å². The molecule has 1 N–H and O–H groups in total. The van der Waals surface area contributed by atoms with Crippen molar-refractivity contribution < 1.29 is 67.1 Å². The summed E-state index contributed by atoms with van der Waals surface area (Å²) in [5.74, 6) is 0.162. The predicted octanol–water partition coefficient (Wildman–Crippen LogP) is 9.25. The zero-order valence-electron chi connectivity index (χ0n) is 40.9. The summed E-state index contributed by atoms with van der Waals surface area (Å²) in [6.45, 7) is 18.4. The molecule has 0 spiro atoms. The summed E-state index contributed by atoms with van der Waals surface area (Å²) in [5.41, 5.74) is -0.648. The molecule has 372 valence electrons. The highest BCUT2D eigenvalue weighted by Crippen LogP contribution is 2.35. The number of hydrogen-bond donors (Lipinski definition) is 1. The minimum atomic E-state index is -1.26. The number of hydrogen-bond acceptors (Lipinski definition) is 14. The van der Waals surface area contributed by atoms with Gasteiger partial charge in [0.1, 0.15) is 36.3 Å². The van der Waals surface area contributed by atoms with E-state index in [1.807, 2.05) is 11.8 Å². The molecule has 0 fully saturated rings. The van der Waals surface area contributed by atoms with Crippen molar-refractivity contribution in [3.05, 3.63) is 0 Å². The van der Waals surface area contributed by atoms with Crippen LogP contribution in [0.25, 0.3) is 0 Å². The van der Waals surface area contributed by atoms with Crippen LogP contribution < -0.4 is 0 Å². The van der Waals surface area contributed by atoms with E-state index >= 15 is 0 Å². The normalized spacial score (nSPS) is 12.5. The molecule has 64 heavy (non-hydrogen) atoms. The Kier molecular flexibility index (Phi) is 40.0. The number of carbonyl (C=O) groups excluding carboxylic acids is 7. The van der Waals surface area contributed by atoms with Gasteiger partial charge in [0.2, 0.25) is 0 Å². The molecule has 2 unspecified atom stereocenters. The molecule has 0 saturated heterocycles. The van der Waals surface area contributed by atoms with E-state index in [0.29, 0.717) is 88.7 Å². The Morgan fingerprint density at radius 3 is 1.47 bits per heavy atom. The molecule has 0 aliphatic heterocycles. The van der Waals surface area contributed by atoms with Gasteiger partial charge < -0.3 is 28.8 Å². The molecule has 14 nitrogen and oxygen atoms in total. The van der Waals surface area contributed by atoms with Crippen molar-refractivity contribution in [1.82, 2.24) is 0 Å². The summed E-state index contributed by atoms with van der Waals surface area (Å²) in [6.07, 6.45) is 14.8. The molecular weight excluding hydrogens is 845 g/mol. The van der Waals surface area contributed by atoms with Crippen LogP contribution in [-0.4, -0.2) is 116 Å².